The third-order valence-electron chi connectivity index (χ3n) is 1.48. The van der Waals surface area contributed by atoms with Crippen LogP contribution in [-0.2, 0) is 12.8 Å². The first-order valence-electron chi connectivity index (χ1n) is 3.35. The first kappa shape index (κ1) is 9.79. The molecule has 72 valence electrons. The Morgan fingerprint density at radius 2 is 2.08 bits per heavy atom. The van der Waals surface area contributed by atoms with Crippen molar-refractivity contribution in [3.8, 4) is 0 Å². The average molecular weight is 193 g/mol. The zero-order chi connectivity index (χ0) is 10.1. The Balaban J connectivity index is 3.41. The molecule has 0 unspecified atom stereocenters. The topological polar surface area (TPSA) is 53.1 Å². The van der Waals surface area contributed by atoms with E-state index in [0.29, 0.717) is 0 Å². The van der Waals surface area contributed by atoms with Crippen molar-refractivity contribution in [3.63, 3.8) is 0 Å². The molecule has 0 saturated carbocycles. The van der Waals surface area contributed by atoms with E-state index in [0.717, 1.165) is 12.3 Å². The van der Waals surface area contributed by atoms with Gasteiger partial charge in [-0.3, -0.25) is 4.79 Å². The molecule has 1 aromatic rings. The summed E-state index contributed by atoms with van der Waals surface area (Å²) in [5.41, 5.74) is -2.99. The van der Waals surface area contributed by atoms with Crippen molar-refractivity contribution in [3.05, 3.63) is 33.7 Å². The van der Waals surface area contributed by atoms with Crippen LogP contribution >= 0.6 is 0 Å². The first-order valence-corrected chi connectivity index (χ1v) is 3.35. The molecule has 0 aromatic carbocycles. The third kappa shape index (κ3) is 1.89. The van der Waals surface area contributed by atoms with Gasteiger partial charge in [-0.2, -0.15) is 13.2 Å². The van der Waals surface area contributed by atoms with Gasteiger partial charge in [0.15, 0.2) is 5.43 Å². The molecular formula is C7H6F3NO2. The van der Waals surface area contributed by atoms with E-state index in [-0.39, 0.29) is 0 Å². The molecule has 1 aromatic heterocycles. The summed E-state index contributed by atoms with van der Waals surface area (Å²) in [4.78, 5) is 13.0. The molecule has 13 heavy (non-hydrogen) atoms. The van der Waals surface area contributed by atoms with Crippen LogP contribution in [0.4, 0.5) is 13.2 Å². The van der Waals surface area contributed by atoms with E-state index < -0.39 is 29.5 Å². The van der Waals surface area contributed by atoms with Gasteiger partial charge in [0, 0.05) is 12.3 Å². The highest BCUT2D eigenvalue weighted by molar-refractivity contribution is 5.22. The van der Waals surface area contributed by atoms with Crippen LogP contribution in [0.25, 0.3) is 0 Å². The molecule has 2 N–H and O–H groups in total. The lowest BCUT2D eigenvalue weighted by atomic mass is 10.2. The van der Waals surface area contributed by atoms with E-state index in [9.17, 15) is 18.0 Å². The Kier molecular flexibility index (Phi) is 2.42. The van der Waals surface area contributed by atoms with Crippen molar-refractivity contribution in [2.75, 3.05) is 0 Å². The predicted octanol–water partition coefficient (Wildman–Crippen LogP) is 0.886. The van der Waals surface area contributed by atoms with Crippen LogP contribution in [0.2, 0.25) is 0 Å². The Hall–Kier alpha value is -1.30. The van der Waals surface area contributed by atoms with E-state index in [2.05, 4.69) is 4.98 Å². The van der Waals surface area contributed by atoms with E-state index in [1.165, 1.54) is 0 Å². The average Bonchev–Trinajstić information content (AvgIpc) is 2.01. The number of aliphatic hydroxyl groups is 1. The molecule has 0 spiro atoms. The van der Waals surface area contributed by atoms with Gasteiger partial charge in [-0.25, -0.2) is 0 Å². The lowest BCUT2D eigenvalue weighted by Crippen LogP contribution is -2.22. The maximum atomic E-state index is 12.2. The number of aliphatic hydroxyl groups excluding tert-OH is 1. The molecule has 1 rings (SSSR count). The maximum absolute atomic E-state index is 12.2. The summed E-state index contributed by atoms with van der Waals surface area (Å²) in [5.74, 6) is 0. The number of nitrogens with one attached hydrogen (secondary N) is 1. The summed E-state index contributed by atoms with van der Waals surface area (Å²) in [7, 11) is 0. The van der Waals surface area contributed by atoms with E-state index >= 15 is 0 Å². The van der Waals surface area contributed by atoms with Gasteiger partial charge in [-0.1, -0.05) is 0 Å². The van der Waals surface area contributed by atoms with Gasteiger partial charge in [-0.05, 0) is 0 Å². The molecule has 0 aliphatic rings. The third-order valence-corrected chi connectivity index (χ3v) is 1.48. The van der Waals surface area contributed by atoms with Crippen LogP contribution in [0.3, 0.4) is 0 Å². The molecule has 6 heteroatoms. The molecule has 0 fully saturated rings. The normalized spacial score (nSPS) is 11.7. The predicted molar refractivity (Wildman–Crippen MR) is 38.0 cm³/mol. The standard InChI is InChI=1S/C7H6F3NO2/c8-7(9,10)6-4(3-12)11-2-1-5(6)13/h1-2,12H,3H2,(H,11,13). The Bertz CT molecular complexity index is 355. The van der Waals surface area contributed by atoms with Crippen LogP contribution in [0.15, 0.2) is 17.1 Å². The zero-order valence-electron chi connectivity index (χ0n) is 6.35. The van der Waals surface area contributed by atoms with Gasteiger partial charge in [0.2, 0.25) is 0 Å². The molecule has 0 saturated heterocycles. The fourth-order valence-corrected chi connectivity index (χ4v) is 0.958. The van der Waals surface area contributed by atoms with Crippen molar-refractivity contribution < 1.29 is 18.3 Å². The summed E-state index contributed by atoms with van der Waals surface area (Å²) < 4.78 is 36.5. The molecule has 0 amide bonds. The minimum Gasteiger partial charge on any atom is -0.390 e. The number of halogens is 3. The van der Waals surface area contributed by atoms with Gasteiger partial charge in [-0.15, -0.1) is 0 Å². The minimum absolute atomic E-state index is 0.514. The first-order chi connectivity index (χ1) is 5.96. The maximum Gasteiger partial charge on any atom is 0.421 e. The fourth-order valence-electron chi connectivity index (χ4n) is 0.958. The second-order valence-corrected chi connectivity index (χ2v) is 2.35. The summed E-state index contributed by atoms with van der Waals surface area (Å²) in [6, 6.07) is 0.766. The molecule has 0 radical (unpaired) electrons. The Morgan fingerprint density at radius 3 is 2.46 bits per heavy atom. The van der Waals surface area contributed by atoms with Gasteiger partial charge in [0.1, 0.15) is 5.56 Å². The van der Waals surface area contributed by atoms with Crippen LogP contribution in [0, 0.1) is 0 Å². The molecule has 0 bridgehead atoms. The van der Waals surface area contributed by atoms with Gasteiger partial charge in [0.25, 0.3) is 0 Å². The zero-order valence-corrected chi connectivity index (χ0v) is 6.35. The smallest absolute Gasteiger partial charge is 0.390 e. The number of aromatic amines is 1. The molecular weight excluding hydrogens is 187 g/mol. The highest BCUT2D eigenvalue weighted by atomic mass is 19.4. The lowest BCUT2D eigenvalue weighted by molar-refractivity contribution is -0.139. The highest BCUT2D eigenvalue weighted by Crippen LogP contribution is 2.28. The highest BCUT2D eigenvalue weighted by Gasteiger charge is 2.36. The van der Waals surface area contributed by atoms with Gasteiger partial charge in [0.05, 0.1) is 12.3 Å². The Labute approximate surface area is 70.8 Å². The van der Waals surface area contributed by atoms with Crippen LogP contribution in [-0.4, -0.2) is 10.1 Å². The molecule has 0 atom stereocenters. The lowest BCUT2D eigenvalue weighted by Gasteiger charge is -2.08. The van der Waals surface area contributed by atoms with Crippen LogP contribution in [0.1, 0.15) is 11.3 Å². The number of H-pyrrole nitrogens is 1. The van der Waals surface area contributed by atoms with Crippen molar-refractivity contribution in [1.29, 1.82) is 0 Å². The number of pyridine rings is 1. The molecule has 1 heterocycles. The van der Waals surface area contributed by atoms with Gasteiger partial charge >= 0.3 is 6.18 Å². The minimum atomic E-state index is -4.73. The second-order valence-electron chi connectivity index (χ2n) is 2.35. The number of hydrogen-bond donors (Lipinski definition) is 2. The van der Waals surface area contributed by atoms with Crippen molar-refractivity contribution >= 4 is 0 Å². The largest absolute Gasteiger partial charge is 0.421 e. The van der Waals surface area contributed by atoms with E-state index in [4.69, 9.17) is 5.11 Å². The van der Waals surface area contributed by atoms with Crippen molar-refractivity contribution in [2.24, 2.45) is 0 Å². The number of rotatable bonds is 1. The van der Waals surface area contributed by atoms with Crippen LogP contribution in [0.5, 0.6) is 0 Å². The molecule has 3 nitrogen and oxygen atoms in total. The van der Waals surface area contributed by atoms with Crippen LogP contribution < -0.4 is 5.43 Å². The summed E-state index contributed by atoms with van der Waals surface area (Å²) >= 11 is 0. The van der Waals surface area contributed by atoms with Crippen molar-refractivity contribution in [2.45, 2.75) is 12.8 Å². The summed E-state index contributed by atoms with van der Waals surface area (Å²) in [6.45, 7) is -0.842. The summed E-state index contributed by atoms with van der Waals surface area (Å²) in [6.07, 6.45) is -3.67. The second kappa shape index (κ2) is 3.21. The Morgan fingerprint density at radius 1 is 1.46 bits per heavy atom. The number of alkyl halides is 3. The van der Waals surface area contributed by atoms with E-state index in [1.807, 2.05) is 0 Å². The fraction of sp³-hybridized carbons (Fsp3) is 0.286. The number of aromatic nitrogens is 1. The summed E-state index contributed by atoms with van der Waals surface area (Å²) in [5, 5.41) is 8.54. The van der Waals surface area contributed by atoms with Gasteiger partial charge < -0.3 is 10.1 Å². The van der Waals surface area contributed by atoms with E-state index in [1.54, 1.807) is 0 Å². The quantitative estimate of drug-likeness (QED) is 0.695. The van der Waals surface area contributed by atoms with Crippen molar-refractivity contribution in [1.82, 2.24) is 4.98 Å². The molecule has 0 aliphatic carbocycles. The number of hydrogen-bond acceptors (Lipinski definition) is 2. The molecule has 0 aliphatic heterocycles. The SMILES string of the molecule is O=c1cc[nH]c(CO)c1C(F)(F)F. The monoisotopic (exact) mass is 193 g/mol.